The summed E-state index contributed by atoms with van der Waals surface area (Å²) in [5, 5.41) is 0. The molecule has 3 nitrogen and oxygen atoms in total. The molecule has 3 heteroatoms. The molecular formula is C15H25N3. The second-order valence-corrected chi connectivity index (χ2v) is 5.46. The van der Waals surface area contributed by atoms with Gasteiger partial charge in [0.05, 0.1) is 0 Å². The summed E-state index contributed by atoms with van der Waals surface area (Å²) >= 11 is 0. The Bertz CT molecular complexity index is 391. The van der Waals surface area contributed by atoms with Crippen LogP contribution in [-0.4, -0.2) is 43.7 Å². The Morgan fingerprint density at radius 2 is 2.00 bits per heavy atom. The van der Waals surface area contributed by atoms with Crippen LogP contribution in [0.5, 0.6) is 0 Å². The molecule has 0 aliphatic carbocycles. The first-order chi connectivity index (χ1) is 8.63. The van der Waals surface area contributed by atoms with E-state index in [1.165, 1.54) is 11.3 Å². The third kappa shape index (κ3) is 2.68. The number of nitrogens with two attached hydrogens (primary N) is 1. The van der Waals surface area contributed by atoms with Gasteiger partial charge in [-0.25, -0.2) is 0 Å². The highest BCUT2D eigenvalue weighted by molar-refractivity contribution is 5.54. The maximum absolute atomic E-state index is 5.77. The molecule has 1 aromatic carbocycles. The fourth-order valence-corrected chi connectivity index (χ4v) is 2.80. The van der Waals surface area contributed by atoms with Crippen LogP contribution in [0.4, 0.5) is 5.69 Å². The molecule has 2 unspecified atom stereocenters. The van der Waals surface area contributed by atoms with Gasteiger partial charge in [0.1, 0.15) is 0 Å². The predicted octanol–water partition coefficient (Wildman–Crippen LogP) is 1.85. The maximum Gasteiger partial charge on any atom is 0.0429 e. The van der Waals surface area contributed by atoms with Crippen LogP contribution in [-0.2, 0) is 0 Å². The standard InChI is InChI=1S/C15H25N3/c1-12-6-4-5-7-15(12)18-10-13(2)17(3)11-14(18)8-9-16/h4-7,13-14H,8-11,16H2,1-3H3. The van der Waals surface area contributed by atoms with E-state index in [9.17, 15) is 0 Å². The molecule has 2 N–H and O–H groups in total. The van der Waals surface area contributed by atoms with Crippen molar-refractivity contribution in [1.29, 1.82) is 0 Å². The van der Waals surface area contributed by atoms with Crippen molar-refractivity contribution in [2.45, 2.75) is 32.4 Å². The van der Waals surface area contributed by atoms with Crippen molar-refractivity contribution in [3.05, 3.63) is 29.8 Å². The zero-order chi connectivity index (χ0) is 13.1. The Morgan fingerprint density at radius 1 is 1.28 bits per heavy atom. The minimum Gasteiger partial charge on any atom is -0.365 e. The van der Waals surface area contributed by atoms with Crippen LogP contribution in [0.1, 0.15) is 18.9 Å². The van der Waals surface area contributed by atoms with E-state index in [0.717, 1.165) is 26.1 Å². The Balaban J connectivity index is 2.25. The number of hydrogen-bond donors (Lipinski definition) is 1. The van der Waals surface area contributed by atoms with Gasteiger partial charge in [-0.15, -0.1) is 0 Å². The van der Waals surface area contributed by atoms with Gasteiger partial charge in [-0.3, -0.25) is 4.90 Å². The zero-order valence-electron chi connectivity index (χ0n) is 11.8. The minimum absolute atomic E-state index is 0.539. The highest BCUT2D eigenvalue weighted by Crippen LogP contribution is 2.26. The van der Waals surface area contributed by atoms with E-state index in [2.05, 4.69) is 55.0 Å². The Kier molecular flexibility index (Phi) is 4.25. The molecule has 2 atom stereocenters. The largest absolute Gasteiger partial charge is 0.365 e. The van der Waals surface area contributed by atoms with Crippen molar-refractivity contribution < 1.29 is 0 Å². The van der Waals surface area contributed by atoms with Crippen molar-refractivity contribution in [1.82, 2.24) is 4.90 Å². The summed E-state index contributed by atoms with van der Waals surface area (Å²) in [6, 6.07) is 9.80. The predicted molar refractivity (Wildman–Crippen MR) is 78.1 cm³/mol. The summed E-state index contributed by atoms with van der Waals surface area (Å²) in [6.07, 6.45) is 1.06. The van der Waals surface area contributed by atoms with Crippen molar-refractivity contribution in [3.63, 3.8) is 0 Å². The monoisotopic (exact) mass is 247 g/mol. The second kappa shape index (κ2) is 5.72. The number of anilines is 1. The smallest absolute Gasteiger partial charge is 0.0429 e. The van der Waals surface area contributed by atoms with Gasteiger partial charge in [0.25, 0.3) is 0 Å². The summed E-state index contributed by atoms with van der Waals surface area (Å²) in [6.45, 7) is 7.44. The summed E-state index contributed by atoms with van der Waals surface area (Å²) < 4.78 is 0. The SMILES string of the molecule is Cc1ccccc1N1CC(C)N(C)CC1CCN. The first kappa shape index (κ1) is 13.4. The number of rotatable bonds is 3. The van der Waals surface area contributed by atoms with E-state index in [1.807, 2.05) is 0 Å². The van der Waals surface area contributed by atoms with Crippen molar-refractivity contribution in [2.75, 3.05) is 31.6 Å². The molecule has 1 aromatic rings. The molecular weight excluding hydrogens is 222 g/mol. The lowest BCUT2D eigenvalue weighted by Crippen LogP contribution is -2.56. The van der Waals surface area contributed by atoms with Gasteiger partial charge >= 0.3 is 0 Å². The summed E-state index contributed by atoms with van der Waals surface area (Å²) in [7, 11) is 2.21. The lowest BCUT2D eigenvalue weighted by atomic mass is 10.0. The fraction of sp³-hybridized carbons (Fsp3) is 0.600. The van der Waals surface area contributed by atoms with Crippen LogP contribution in [0.3, 0.4) is 0 Å². The number of benzene rings is 1. The molecule has 1 aliphatic heterocycles. The van der Waals surface area contributed by atoms with Gasteiger partial charge in [-0.2, -0.15) is 0 Å². The van der Waals surface area contributed by atoms with E-state index in [1.54, 1.807) is 0 Å². The first-order valence-corrected chi connectivity index (χ1v) is 6.86. The quantitative estimate of drug-likeness (QED) is 0.885. The Labute approximate surface area is 111 Å². The molecule has 0 bridgehead atoms. The summed E-state index contributed by atoms with van der Waals surface area (Å²) in [5.41, 5.74) is 8.50. The van der Waals surface area contributed by atoms with E-state index in [0.29, 0.717) is 12.1 Å². The maximum atomic E-state index is 5.77. The topological polar surface area (TPSA) is 32.5 Å². The fourth-order valence-electron chi connectivity index (χ4n) is 2.80. The van der Waals surface area contributed by atoms with Gasteiger partial charge < -0.3 is 10.6 Å². The number of piperazine rings is 1. The number of para-hydroxylation sites is 1. The van der Waals surface area contributed by atoms with Crippen molar-refractivity contribution >= 4 is 5.69 Å². The van der Waals surface area contributed by atoms with Crippen molar-refractivity contribution in [2.24, 2.45) is 5.73 Å². The number of nitrogens with zero attached hydrogens (tertiary/aromatic N) is 2. The normalized spacial score (nSPS) is 25.4. The van der Waals surface area contributed by atoms with Gasteiger partial charge in [0, 0.05) is 30.9 Å². The molecule has 1 aliphatic rings. The number of aryl methyl sites for hydroxylation is 1. The molecule has 0 radical (unpaired) electrons. The average molecular weight is 247 g/mol. The van der Waals surface area contributed by atoms with Crippen LogP contribution in [0, 0.1) is 6.92 Å². The molecule has 100 valence electrons. The summed E-state index contributed by atoms with van der Waals surface area (Å²) in [4.78, 5) is 4.99. The molecule has 0 aromatic heterocycles. The van der Waals surface area contributed by atoms with Crippen LogP contribution < -0.4 is 10.6 Å². The summed E-state index contributed by atoms with van der Waals surface area (Å²) in [5.74, 6) is 0. The lowest BCUT2D eigenvalue weighted by molar-refractivity contribution is 0.196. The molecule has 0 saturated carbocycles. The van der Waals surface area contributed by atoms with Gasteiger partial charge in [-0.05, 0) is 45.5 Å². The number of hydrogen-bond acceptors (Lipinski definition) is 3. The lowest BCUT2D eigenvalue weighted by Gasteiger charge is -2.45. The van der Waals surface area contributed by atoms with Crippen LogP contribution in [0.25, 0.3) is 0 Å². The van der Waals surface area contributed by atoms with E-state index < -0.39 is 0 Å². The molecule has 2 rings (SSSR count). The Morgan fingerprint density at radius 3 is 2.67 bits per heavy atom. The molecule has 1 fully saturated rings. The minimum atomic E-state index is 0.539. The molecule has 18 heavy (non-hydrogen) atoms. The highest BCUT2D eigenvalue weighted by atomic mass is 15.3. The molecule has 0 amide bonds. The van der Waals surface area contributed by atoms with E-state index in [-0.39, 0.29) is 0 Å². The third-order valence-corrected chi connectivity index (χ3v) is 4.08. The molecule has 1 heterocycles. The third-order valence-electron chi connectivity index (χ3n) is 4.08. The van der Waals surface area contributed by atoms with Gasteiger partial charge in [-0.1, -0.05) is 18.2 Å². The zero-order valence-corrected chi connectivity index (χ0v) is 11.8. The van der Waals surface area contributed by atoms with Crippen LogP contribution in [0.2, 0.25) is 0 Å². The van der Waals surface area contributed by atoms with E-state index >= 15 is 0 Å². The van der Waals surface area contributed by atoms with Crippen molar-refractivity contribution in [3.8, 4) is 0 Å². The Hall–Kier alpha value is -1.06. The molecule has 0 spiro atoms. The van der Waals surface area contributed by atoms with Crippen LogP contribution >= 0.6 is 0 Å². The van der Waals surface area contributed by atoms with Gasteiger partial charge in [0.2, 0.25) is 0 Å². The van der Waals surface area contributed by atoms with Crippen LogP contribution in [0.15, 0.2) is 24.3 Å². The van der Waals surface area contributed by atoms with Gasteiger partial charge in [0.15, 0.2) is 0 Å². The second-order valence-electron chi connectivity index (χ2n) is 5.46. The van der Waals surface area contributed by atoms with E-state index in [4.69, 9.17) is 5.73 Å². The average Bonchev–Trinajstić information content (AvgIpc) is 2.35. The first-order valence-electron chi connectivity index (χ1n) is 6.86. The highest BCUT2D eigenvalue weighted by Gasteiger charge is 2.29. The number of likely N-dealkylation sites (N-methyl/N-ethyl adjacent to an activating group) is 1. The molecule has 1 saturated heterocycles.